The molecule has 29 heavy (non-hydrogen) atoms. The molecule has 8 heteroatoms. The van der Waals surface area contributed by atoms with Gasteiger partial charge in [0, 0.05) is 23.7 Å². The Labute approximate surface area is 170 Å². The topological polar surface area (TPSA) is 62.3 Å². The zero-order chi connectivity index (χ0) is 20.9. The number of rotatable bonds is 3. The number of hydrogen-bond acceptors (Lipinski definition) is 4. The summed E-state index contributed by atoms with van der Waals surface area (Å²) in [6, 6.07) is 8.35. The van der Waals surface area contributed by atoms with Gasteiger partial charge < -0.3 is 4.90 Å². The van der Waals surface area contributed by atoms with Crippen LogP contribution >= 0.6 is 11.3 Å². The van der Waals surface area contributed by atoms with E-state index in [2.05, 4.69) is 10.3 Å². The number of thiazole rings is 1. The predicted octanol–water partition coefficient (Wildman–Crippen LogP) is 4.59. The highest BCUT2D eigenvalue weighted by atomic mass is 32.1. The van der Waals surface area contributed by atoms with Gasteiger partial charge in [-0.05, 0) is 49.7 Å². The zero-order valence-corrected chi connectivity index (χ0v) is 16.7. The fraction of sp³-hybridized carbons (Fsp3) is 0.190. The van der Waals surface area contributed by atoms with Gasteiger partial charge in [-0.3, -0.25) is 14.9 Å². The van der Waals surface area contributed by atoms with E-state index in [0.29, 0.717) is 5.69 Å². The molecule has 0 aliphatic carbocycles. The lowest BCUT2D eigenvalue weighted by Crippen LogP contribution is -2.33. The number of carbonyl (C=O) groups is 2. The molecule has 1 N–H and O–H groups in total. The molecule has 5 nitrogen and oxygen atoms in total. The van der Waals surface area contributed by atoms with Crippen LogP contribution in [0.4, 0.5) is 19.6 Å². The van der Waals surface area contributed by atoms with Gasteiger partial charge in [-0.1, -0.05) is 6.07 Å². The third kappa shape index (κ3) is 3.19. The second-order valence-corrected chi connectivity index (χ2v) is 8.20. The summed E-state index contributed by atoms with van der Waals surface area (Å²) in [7, 11) is 1.75. The number of halogens is 2. The van der Waals surface area contributed by atoms with E-state index in [1.54, 1.807) is 17.3 Å². The molecular formula is C21H17F2N3O2S. The van der Waals surface area contributed by atoms with Crippen molar-refractivity contribution in [2.75, 3.05) is 17.3 Å². The lowest BCUT2D eigenvalue weighted by Gasteiger charge is -2.16. The average molecular weight is 413 g/mol. The number of carbonyl (C=O) groups excluding carboxylic acids is 2. The minimum absolute atomic E-state index is 0.0213. The van der Waals surface area contributed by atoms with Gasteiger partial charge in [-0.25, -0.2) is 13.8 Å². The van der Waals surface area contributed by atoms with Crippen molar-refractivity contribution in [3.63, 3.8) is 0 Å². The first-order valence-corrected chi connectivity index (χ1v) is 9.71. The van der Waals surface area contributed by atoms with E-state index in [1.807, 2.05) is 32.0 Å². The largest absolute Gasteiger partial charge is 0.314 e. The van der Waals surface area contributed by atoms with E-state index < -0.39 is 23.0 Å². The number of nitrogens with one attached hydrogen (secondary N) is 1. The first kappa shape index (κ1) is 19.2. The monoisotopic (exact) mass is 413 g/mol. The highest BCUT2D eigenvalue weighted by molar-refractivity contribution is 7.14. The Hall–Kier alpha value is -3.13. The molecule has 3 aromatic rings. The van der Waals surface area contributed by atoms with Crippen molar-refractivity contribution in [1.29, 1.82) is 0 Å². The Morgan fingerprint density at radius 1 is 1.17 bits per heavy atom. The summed E-state index contributed by atoms with van der Waals surface area (Å²) >= 11 is 1.18. The minimum atomic E-state index is -0.810. The van der Waals surface area contributed by atoms with Crippen LogP contribution in [0, 0.1) is 11.6 Å². The summed E-state index contributed by atoms with van der Waals surface area (Å²) in [6.45, 7) is 3.75. The Morgan fingerprint density at radius 2 is 1.93 bits per heavy atom. The summed E-state index contributed by atoms with van der Waals surface area (Å²) in [6.07, 6.45) is 0. The van der Waals surface area contributed by atoms with Gasteiger partial charge >= 0.3 is 0 Å². The summed E-state index contributed by atoms with van der Waals surface area (Å²) < 4.78 is 27.1. The number of likely N-dealkylation sites (N-methyl/N-ethyl adjacent to an activating group) is 1. The highest BCUT2D eigenvalue weighted by Crippen LogP contribution is 2.42. The van der Waals surface area contributed by atoms with Gasteiger partial charge in [-0.15, -0.1) is 11.3 Å². The van der Waals surface area contributed by atoms with Gasteiger partial charge in [0.25, 0.3) is 5.91 Å². The zero-order valence-electron chi connectivity index (χ0n) is 15.9. The third-order valence-electron chi connectivity index (χ3n) is 5.06. The number of benzene rings is 2. The molecule has 2 heterocycles. The Morgan fingerprint density at radius 3 is 2.69 bits per heavy atom. The van der Waals surface area contributed by atoms with Gasteiger partial charge in [0.05, 0.1) is 16.7 Å². The quantitative estimate of drug-likeness (QED) is 0.683. The van der Waals surface area contributed by atoms with Crippen LogP contribution in [0.15, 0.2) is 41.8 Å². The number of aromatic nitrogens is 1. The lowest BCUT2D eigenvalue weighted by atomic mass is 9.85. The molecule has 2 amide bonds. The van der Waals surface area contributed by atoms with Crippen molar-refractivity contribution in [1.82, 2.24) is 4.98 Å². The molecule has 2 aromatic carbocycles. The summed E-state index contributed by atoms with van der Waals surface area (Å²) in [5.41, 5.74) is 2.15. The smallest absolute Gasteiger partial charge is 0.260 e. The van der Waals surface area contributed by atoms with Crippen molar-refractivity contribution in [2.45, 2.75) is 19.3 Å². The fourth-order valence-corrected chi connectivity index (χ4v) is 4.15. The van der Waals surface area contributed by atoms with E-state index in [4.69, 9.17) is 0 Å². The molecule has 148 valence electrons. The van der Waals surface area contributed by atoms with Crippen molar-refractivity contribution < 1.29 is 18.4 Å². The molecule has 0 fully saturated rings. The van der Waals surface area contributed by atoms with Crippen LogP contribution in [0.5, 0.6) is 0 Å². The number of nitrogens with zero attached hydrogens (tertiary/aromatic N) is 2. The first-order chi connectivity index (χ1) is 13.7. The van der Waals surface area contributed by atoms with Crippen LogP contribution in [-0.2, 0) is 10.2 Å². The molecule has 0 spiro atoms. The van der Waals surface area contributed by atoms with Crippen LogP contribution < -0.4 is 10.2 Å². The van der Waals surface area contributed by atoms with E-state index in [9.17, 15) is 18.4 Å². The minimum Gasteiger partial charge on any atom is -0.314 e. The Bertz CT molecular complexity index is 1160. The molecule has 0 saturated heterocycles. The molecule has 0 atom stereocenters. The van der Waals surface area contributed by atoms with Gasteiger partial charge in [0.15, 0.2) is 5.13 Å². The maximum Gasteiger partial charge on any atom is 0.260 e. The summed E-state index contributed by atoms with van der Waals surface area (Å²) in [5, 5.41) is 4.52. The number of amides is 2. The maximum atomic E-state index is 13.8. The number of fused-ring (bicyclic) bond motifs is 1. The molecule has 4 rings (SSSR count). The molecule has 1 aromatic heterocycles. The van der Waals surface area contributed by atoms with Crippen molar-refractivity contribution >= 4 is 34.0 Å². The third-order valence-corrected chi connectivity index (χ3v) is 5.82. The SMILES string of the molecule is CN1C(=O)C(C)(C)c2cc(-c3csc(NC(=O)c4cc(F)ccc4F)n3)ccc21. The molecule has 0 saturated carbocycles. The standard InChI is InChI=1S/C21H17F2N3O2S/c1-21(2)14-8-11(4-7-17(14)26(3)19(21)28)16-10-29-20(24-16)25-18(27)13-9-12(22)5-6-15(13)23/h4-10H,1-3H3,(H,24,25,27). The second kappa shape index (κ2) is 6.73. The van der Waals surface area contributed by atoms with E-state index in [0.717, 1.165) is 35.0 Å². The summed E-state index contributed by atoms with van der Waals surface area (Å²) in [5.74, 6) is -2.26. The predicted molar refractivity (Wildman–Crippen MR) is 108 cm³/mol. The van der Waals surface area contributed by atoms with E-state index >= 15 is 0 Å². The Balaban J connectivity index is 1.61. The van der Waals surface area contributed by atoms with Crippen LogP contribution in [-0.4, -0.2) is 23.8 Å². The van der Waals surface area contributed by atoms with Gasteiger partial charge in [0.1, 0.15) is 11.6 Å². The molecule has 0 radical (unpaired) electrons. The van der Waals surface area contributed by atoms with Crippen LogP contribution in [0.1, 0.15) is 29.8 Å². The molecule has 0 bridgehead atoms. The normalized spacial score (nSPS) is 14.8. The van der Waals surface area contributed by atoms with Crippen molar-refractivity contribution in [3.8, 4) is 11.3 Å². The molecule has 1 aliphatic heterocycles. The maximum absolute atomic E-state index is 13.8. The van der Waals surface area contributed by atoms with Crippen LogP contribution in [0.3, 0.4) is 0 Å². The molecule has 0 unspecified atom stereocenters. The Kier molecular flexibility index (Phi) is 4.46. The van der Waals surface area contributed by atoms with Gasteiger partial charge in [-0.2, -0.15) is 0 Å². The molecule has 1 aliphatic rings. The fourth-order valence-electron chi connectivity index (χ4n) is 3.43. The van der Waals surface area contributed by atoms with Crippen LogP contribution in [0.2, 0.25) is 0 Å². The lowest BCUT2D eigenvalue weighted by molar-refractivity contribution is -0.121. The van der Waals surface area contributed by atoms with Crippen molar-refractivity contribution in [2.24, 2.45) is 0 Å². The van der Waals surface area contributed by atoms with Crippen LogP contribution in [0.25, 0.3) is 11.3 Å². The number of hydrogen-bond donors (Lipinski definition) is 1. The highest BCUT2D eigenvalue weighted by Gasteiger charge is 2.42. The summed E-state index contributed by atoms with van der Waals surface area (Å²) in [4.78, 5) is 30.7. The van der Waals surface area contributed by atoms with E-state index in [1.165, 1.54) is 11.3 Å². The molecular weight excluding hydrogens is 396 g/mol. The van der Waals surface area contributed by atoms with Gasteiger partial charge in [0.2, 0.25) is 5.91 Å². The van der Waals surface area contributed by atoms with Crippen molar-refractivity contribution in [3.05, 3.63) is 64.5 Å². The first-order valence-electron chi connectivity index (χ1n) is 8.83. The average Bonchev–Trinajstić information content (AvgIpc) is 3.22. The van der Waals surface area contributed by atoms with E-state index in [-0.39, 0.29) is 16.6 Å². The second-order valence-electron chi connectivity index (χ2n) is 7.34. The number of anilines is 2.